The van der Waals surface area contributed by atoms with Crippen LogP contribution in [0.1, 0.15) is 24.5 Å². The van der Waals surface area contributed by atoms with Gasteiger partial charge in [0.2, 0.25) is 0 Å². The van der Waals surface area contributed by atoms with Crippen LogP contribution < -0.4 is 10.2 Å². The first-order chi connectivity index (χ1) is 9.08. The lowest BCUT2D eigenvalue weighted by Gasteiger charge is -2.26. The predicted molar refractivity (Wildman–Crippen MR) is 82.8 cm³/mol. The molecule has 0 saturated heterocycles. The third-order valence-electron chi connectivity index (χ3n) is 3.10. The summed E-state index contributed by atoms with van der Waals surface area (Å²) in [6.07, 6.45) is 3.13. The highest BCUT2D eigenvalue weighted by Gasteiger charge is 2.10. The van der Waals surface area contributed by atoms with Crippen molar-refractivity contribution in [3.05, 3.63) is 23.4 Å². The van der Waals surface area contributed by atoms with E-state index in [0.717, 1.165) is 38.4 Å². The topological polar surface area (TPSA) is 31.4 Å². The van der Waals surface area contributed by atoms with Crippen LogP contribution in [0.3, 0.4) is 0 Å². The fourth-order valence-corrected chi connectivity index (χ4v) is 2.17. The molecule has 0 aliphatic rings. The van der Waals surface area contributed by atoms with Crippen LogP contribution in [0.15, 0.2) is 12.3 Å². The summed E-state index contributed by atoms with van der Waals surface area (Å²) in [7, 11) is 6.19. The van der Waals surface area contributed by atoms with E-state index in [1.807, 2.05) is 13.2 Å². The Morgan fingerprint density at radius 2 is 1.95 bits per heavy atom. The van der Waals surface area contributed by atoms with Crippen molar-refractivity contribution in [1.82, 2.24) is 15.2 Å². The molecule has 0 unspecified atom stereocenters. The van der Waals surface area contributed by atoms with E-state index in [1.54, 1.807) is 0 Å². The molecule has 1 aromatic heterocycles. The number of anilines is 1. The first-order valence-electron chi connectivity index (χ1n) is 7.08. The molecule has 0 saturated carbocycles. The maximum atomic E-state index is 4.66. The minimum atomic E-state index is 0.875. The van der Waals surface area contributed by atoms with E-state index < -0.39 is 0 Å². The fraction of sp³-hybridized carbons (Fsp3) is 0.667. The third kappa shape index (κ3) is 5.17. The molecule has 1 rings (SSSR count). The Labute approximate surface area is 117 Å². The van der Waals surface area contributed by atoms with Crippen molar-refractivity contribution in [3.63, 3.8) is 0 Å². The molecule has 0 aliphatic carbocycles. The van der Waals surface area contributed by atoms with Crippen LogP contribution >= 0.6 is 0 Å². The van der Waals surface area contributed by atoms with Gasteiger partial charge >= 0.3 is 0 Å². The highest BCUT2D eigenvalue weighted by Crippen LogP contribution is 2.18. The molecule has 0 aromatic carbocycles. The van der Waals surface area contributed by atoms with Gasteiger partial charge in [-0.2, -0.15) is 0 Å². The lowest BCUT2D eigenvalue weighted by molar-refractivity contribution is 0.412. The summed E-state index contributed by atoms with van der Waals surface area (Å²) >= 11 is 0. The highest BCUT2D eigenvalue weighted by atomic mass is 15.2. The molecule has 0 radical (unpaired) electrons. The fourth-order valence-electron chi connectivity index (χ4n) is 2.17. The molecule has 0 fully saturated rings. The summed E-state index contributed by atoms with van der Waals surface area (Å²) in [6, 6.07) is 2.23. The number of nitrogens with zero attached hydrogens (tertiary/aromatic N) is 3. The standard InChI is InChI=1S/C15H28N4/c1-6-7-19(9-8-18(4)5)15-13(2)10-14(11-16-3)12-17-15/h10,12,16H,6-9,11H2,1-5H3. The van der Waals surface area contributed by atoms with Gasteiger partial charge in [0.05, 0.1) is 0 Å². The van der Waals surface area contributed by atoms with E-state index >= 15 is 0 Å². The predicted octanol–water partition coefficient (Wildman–Crippen LogP) is 1.89. The van der Waals surface area contributed by atoms with Crippen LogP contribution in [-0.4, -0.2) is 50.7 Å². The molecular weight excluding hydrogens is 236 g/mol. The molecule has 4 nitrogen and oxygen atoms in total. The monoisotopic (exact) mass is 264 g/mol. The number of hydrogen-bond donors (Lipinski definition) is 1. The summed E-state index contributed by atoms with van der Waals surface area (Å²) in [6.45, 7) is 8.39. The molecule has 1 aromatic rings. The lowest BCUT2D eigenvalue weighted by atomic mass is 10.2. The van der Waals surface area contributed by atoms with Crippen molar-refractivity contribution in [1.29, 1.82) is 0 Å². The SMILES string of the molecule is CCCN(CCN(C)C)c1ncc(CNC)cc1C. The van der Waals surface area contributed by atoms with Crippen molar-refractivity contribution >= 4 is 5.82 Å². The summed E-state index contributed by atoms with van der Waals surface area (Å²) in [4.78, 5) is 9.26. The first-order valence-corrected chi connectivity index (χ1v) is 7.08. The number of aromatic nitrogens is 1. The van der Waals surface area contributed by atoms with E-state index in [4.69, 9.17) is 0 Å². The third-order valence-corrected chi connectivity index (χ3v) is 3.10. The molecule has 19 heavy (non-hydrogen) atoms. The first kappa shape index (κ1) is 15.9. The van der Waals surface area contributed by atoms with Gasteiger partial charge in [0, 0.05) is 32.4 Å². The molecule has 0 bridgehead atoms. The van der Waals surface area contributed by atoms with E-state index in [0.29, 0.717) is 0 Å². The van der Waals surface area contributed by atoms with Crippen molar-refractivity contribution in [2.75, 3.05) is 45.7 Å². The van der Waals surface area contributed by atoms with Crippen LogP contribution in [0, 0.1) is 6.92 Å². The Kier molecular flexibility index (Phi) is 6.81. The van der Waals surface area contributed by atoms with Gasteiger partial charge in [-0.25, -0.2) is 4.98 Å². The molecular formula is C15H28N4. The highest BCUT2D eigenvalue weighted by molar-refractivity contribution is 5.47. The quantitative estimate of drug-likeness (QED) is 0.777. The van der Waals surface area contributed by atoms with E-state index in [2.05, 4.69) is 54.1 Å². The van der Waals surface area contributed by atoms with E-state index in [-0.39, 0.29) is 0 Å². The molecule has 1 heterocycles. The Balaban J connectivity index is 2.82. The van der Waals surface area contributed by atoms with Crippen LogP contribution in [0.25, 0.3) is 0 Å². The summed E-state index contributed by atoms with van der Waals surface area (Å²) < 4.78 is 0. The summed E-state index contributed by atoms with van der Waals surface area (Å²) in [5, 5.41) is 3.16. The maximum Gasteiger partial charge on any atom is 0.131 e. The van der Waals surface area contributed by atoms with Gasteiger partial charge in [0.1, 0.15) is 5.82 Å². The second-order valence-electron chi connectivity index (χ2n) is 5.30. The van der Waals surface area contributed by atoms with Crippen LogP contribution in [0.4, 0.5) is 5.82 Å². The zero-order valence-electron chi connectivity index (χ0n) is 13.0. The molecule has 1 N–H and O–H groups in total. The number of rotatable bonds is 8. The zero-order valence-corrected chi connectivity index (χ0v) is 13.0. The summed E-state index contributed by atoms with van der Waals surface area (Å²) in [5.74, 6) is 1.13. The minimum absolute atomic E-state index is 0.875. The van der Waals surface area contributed by atoms with Crippen molar-refractivity contribution in [2.24, 2.45) is 0 Å². The van der Waals surface area contributed by atoms with E-state index in [1.165, 1.54) is 11.1 Å². The number of pyridine rings is 1. The lowest BCUT2D eigenvalue weighted by Crippen LogP contribution is -2.33. The van der Waals surface area contributed by atoms with Crippen molar-refractivity contribution in [2.45, 2.75) is 26.8 Å². The van der Waals surface area contributed by atoms with E-state index in [9.17, 15) is 0 Å². The van der Waals surface area contributed by atoms with Crippen molar-refractivity contribution < 1.29 is 0 Å². The largest absolute Gasteiger partial charge is 0.355 e. The molecule has 108 valence electrons. The Morgan fingerprint density at radius 3 is 2.47 bits per heavy atom. The second kappa shape index (κ2) is 8.12. The van der Waals surface area contributed by atoms with Crippen LogP contribution in [0.5, 0.6) is 0 Å². The molecule has 0 spiro atoms. The van der Waals surface area contributed by atoms with Gasteiger partial charge in [-0.1, -0.05) is 6.92 Å². The normalized spacial score (nSPS) is 11.1. The number of hydrogen-bond acceptors (Lipinski definition) is 4. The van der Waals surface area contributed by atoms with Crippen LogP contribution in [0.2, 0.25) is 0 Å². The van der Waals surface area contributed by atoms with Gasteiger partial charge in [0.25, 0.3) is 0 Å². The number of aryl methyl sites for hydroxylation is 1. The van der Waals surface area contributed by atoms with Gasteiger partial charge in [0.15, 0.2) is 0 Å². The number of likely N-dealkylation sites (N-methyl/N-ethyl adjacent to an activating group) is 1. The Morgan fingerprint density at radius 1 is 1.21 bits per heavy atom. The Bertz CT molecular complexity index is 376. The number of nitrogens with one attached hydrogen (secondary N) is 1. The van der Waals surface area contributed by atoms with Gasteiger partial charge in [-0.15, -0.1) is 0 Å². The van der Waals surface area contributed by atoms with Crippen molar-refractivity contribution in [3.8, 4) is 0 Å². The smallest absolute Gasteiger partial charge is 0.131 e. The van der Waals surface area contributed by atoms with Gasteiger partial charge in [-0.05, 0) is 51.7 Å². The molecule has 0 aliphatic heterocycles. The zero-order chi connectivity index (χ0) is 14.3. The van der Waals surface area contributed by atoms with Crippen LogP contribution in [-0.2, 0) is 6.54 Å². The Hall–Kier alpha value is -1.13. The minimum Gasteiger partial charge on any atom is -0.355 e. The average Bonchev–Trinajstić information content (AvgIpc) is 2.35. The second-order valence-corrected chi connectivity index (χ2v) is 5.30. The maximum absolute atomic E-state index is 4.66. The van der Waals surface area contributed by atoms with Gasteiger partial charge in [-0.3, -0.25) is 0 Å². The average molecular weight is 264 g/mol. The molecule has 0 atom stereocenters. The molecule has 4 heteroatoms. The summed E-state index contributed by atoms with van der Waals surface area (Å²) in [5.41, 5.74) is 2.51. The molecule has 0 amide bonds. The van der Waals surface area contributed by atoms with Gasteiger partial charge < -0.3 is 15.1 Å².